The predicted octanol–water partition coefficient (Wildman–Crippen LogP) is 4.00. The first-order valence-corrected chi connectivity index (χ1v) is 7.56. The van der Waals surface area contributed by atoms with Crippen LogP contribution in [-0.2, 0) is 0 Å². The fourth-order valence-electron chi connectivity index (χ4n) is 2.93. The molecule has 0 unspecified atom stereocenters. The Bertz CT molecular complexity index is 357. The van der Waals surface area contributed by atoms with Gasteiger partial charge < -0.3 is 10.1 Å². The fraction of sp³-hybridized carbons (Fsp3) is 0.600. The van der Waals surface area contributed by atoms with Gasteiger partial charge in [-0.3, -0.25) is 0 Å². The van der Waals surface area contributed by atoms with E-state index in [0.29, 0.717) is 5.41 Å². The van der Waals surface area contributed by atoms with Crippen LogP contribution in [0.4, 0.5) is 0 Å². The third-order valence-corrected chi connectivity index (χ3v) is 4.46. The molecule has 0 aromatic heterocycles. The van der Waals surface area contributed by atoms with Crippen LogP contribution in [0.3, 0.4) is 0 Å². The summed E-state index contributed by atoms with van der Waals surface area (Å²) in [5.74, 6) is 0.968. The van der Waals surface area contributed by atoms with Gasteiger partial charge in [0.25, 0.3) is 0 Å². The first-order chi connectivity index (χ1) is 8.74. The van der Waals surface area contributed by atoms with Crippen molar-refractivity contribution in [2.45, 2.75) is 32.1 Å². The van der Waals surface area contributed by atoms with Crippen molar-refractivity contribution >= 4 is 15.9 Å². The minimum atomic E-state index is 0.476. The van der Waals surface area contributed by atoms with Crippen LogP contribution in [0.5, 0.6) is 5.75 Å². The van der Waals surface area contributed by atoms with Crippen molar-refractivity contribution in [2.75, 3.05) is 20.2 Å². The molecule has 2 nitrogen and oxygen atoms in total. The first kappa shape index (κ1) is 13.9. The lowest BCUT2D eigenvalue weighted by molar-refractivity contribution is 0.195. The zero-order chi connectivity index (χ0) is 12.8. The van der Waals surface area contributed by atoms with Crippen molar-refractivity contribution in [3.05, 3.63) is 28.7 Å². The molecule has 1 aliphatic carbocycles. The van der Waals surface area contributed by atoms with Crippen LogP contribution in [0.2, 0.25) is 0 Å². The molecule has 100 valence electrons. The van der Waals surface area contributed by atoms with Crippen LogP contribution in [0.25, 0.3) is 0 Å². The molecule has 0 spiro atoms. The highest BCUT2D eigenvalue weighted by Crippen LogP contribution is 2.40. The van der Waals surface area contributed by atoms with Gasteiger partial charge in [-0.05, 0) is 56.0 Å². The smallest absolute Gasteiger partial charge is 0.119 e. The number of benzene rings is 1. The van der Waals surface area contributed by atoms with Gasteiger partial charge in [0, 0.05) is 11.0 Å². The molecule has 0 aliphatic heterocycles. The molecule has 1 aromatic rings. The molecule has 0 radical (unpaired) electrons. The lowest BCUT2D eigenvalue weighted by Crippen LogP contribution is -2.31. The second-order valence-corrected chi connectivity index (χ2v) is 6.21. The van der Waals surface area contributed by atoms with E-state index in [2.05, 4.69) is 28.3 Å². The van der Waals surface area contributed by atoms with E-state index in [1.807, 2.05) is 24.3 Å². The molecule has 1 fully saturated rings. The third-order valence-electron chi connectivity index (χ3n) is 3.93. The Morgan fingerprint density at radius 3 is 2.50 bits per heavy atom. The standard InChI is InChI=1S/C15H22BrNO/c1-17-12-15(8-2-3-9-15)10-11-18-14-6-4-13(16)5-7-14/h4-7,17H,2-3,8-12H2,1H3. The quantitative estimate of drug-likeness (QED) is 0.857. The third kappa shape index (κ3) is 3.72. The molecule has 1 aromatic carbocycles. The van der Waals surface area contributed by atoms with Gasteiger partial charge in [-0.1, -0.05) is 28.8 Å². The summed E-state index contributed by atoms with van der Waals surface area (Å²) >= 11 is 3.43. The molecule has 0 heterocycles. The summed E-state index contributed by atoms with van der Waals surface area (Å²) in [6.07, 6.45) is 6.60. The normalized spacial score (nSPS) is 17.9. The molecule has 2 rings (SSSR count). The molecule has 18 heavy (non-hydrogen) atoms. The molecule has 0 bridgehead atoms. The molecular formula is C15H22BrNO. The second kappa shape index (κ2) is 6.58. The van der Waals surface area contributed by atoms with Crippen molar-refractivity contribution in [3.8, 4) is 5.75 Å². The van der Waals surface area contributed by atoms with Crippen LogP contribution >= 0.6 is 15.9 Å². The summed E-state index contributed by atoms with van der Waals surface area (Å²) in [6.45, 7) is 1.94. The van der Waals surface area contributed by atoms with Gasteiger partial charge in [0.2, 0.25) is 0 Å². The lowest BCUT2D eigenvalue weighted by atomic mass is 9.83. The minimum Gasteiger partial charge on any atom is -0.494 e. The van der Waals surface area contributed by atoms with Crippen molar-refractivity contribution in [2.24, 2.45) is 5.41 Å². The highest BCUT2D eigenvalue weighted by atomic mass is 79.9. The molecular weight excluding hydrogens is 290 g/mol. The van der Waals surface area contributed by atoms with Gasteiger partial charge in [0.15, 0.2) is 0 Å². The number of hydrogen-bond acceptors (Lipinski definition) is 2. The number of nitrogens with one attached hydrogen (secondary N) is 1. The van der Waals surface area contributed by atoms with Crippen LogP contribution in [-0.4, -0.2) is 20.2 Å². The Labute approximate surface area is 118 Å². The van der Waals surface area contributed by atoms with Crippen LogP contribution in [0.1, 0.15) is 32.1 Å². The van der Waals surface area contributed by atoms with E-state index >= 15 is 0 Å². The maximum absolute atomic E-state index is 5.85. The molecule has 0 atom stereocenters. The number of ether oxygens (including phenoxy) is 1. The fourth-order valence-corrected chi connectivity index (χ4v) is 3.20. The Balaban J connectivity index is 1.81. The highest BCUT2D eigenvalue weighted by molar-refractivity contribution is 9.10. The van der Waals surface area contributed by atoms with Gasteiger partial charge in [-0.25, -0.2) is 0 Å². The van der Waals surface area contributed by atoms with Crippen LogP contribution in [0, 0.1) is 5.41 Å². The van der Waals surface area contributed by atoms with Crippen molar-refractivity contribution in [3.63, 3.8) is 0 Å². The highest BCUT2D eigenvalue weighted by Gasteiger charge is 2.32. The second-order valence-electron chi connectivity index (χ2n) is 5.29. The zero-order valence-electron chi connectivity index (χ0n) is 11.0. The predicted molar refractivity (Wildman–Crippen MR) is 79.1 cm³/mol. The molecule has 1 saturated carbocycles. The summed E-state index contributed by atoms with van der Waals surface area (Å²) in [5, 5.41) is 3.34. The van der Waals surface area contributed by atoms with E-state index in [1.165, 1.54) is 25.7 Å². The maximum Gasteiger partial charge on any atom is 0.119 e. The van der Waals surface area contributed by atoms with E-state index in [9.17, 15) is 0 Å². The molecule has 0 saturated heterocycles. The number of hydrogen-bond donors (Lipinski definition) is 1. The van der Waals surface area contributed by atoms with Gasteiger partial charge in [-0.2, -0.15) is 0 Å². The van der Waals surface area contributed by atoms with E-state index in [1.54, 1.807) is 0 Å². The van der Waals surface area contributed by atoms with Crippen molar-refractivity contribution in [1.29, 1.82) is 0 Å². The molecule has 1 aliphatic rings. The van der Waals surface area contributed by atoms with E-state index in [4.69, 9.17) is 4.74 Å². The van der Waals surface area contributed by atoms with E-state index in [0.717, 1.165) is 29.8 Å². The van der Waals surface area contributed by atoms with Crippen molar-refractivity contribution < 1.29 is 4.74 Å². The number of rotatable bonds is 6. The maximum atomic E-state index is 5.85. The largest absolute Gasteiger partial charge is 0.494 e. The SMILES string of the molecule is CNCC1(CCOc2ccc(Br)cc2)CCCC1. The zero-order valence-corrected chi connectivity index (χ0v) is 12.6. The Hall–Kier alpha value is -0.540. The van der Waals surface area contributed by atoms with Crippen LogP contribution in [0.15, 0.2) is 28.7 Å². The average molecular weight is 312 g/mol. The topological polar surface area (TPSA) is 21.3 Å². The molecule has 0 amide bonds. The van der Waals surface area contributed by atoms with E-state index in [-0.39, 0.29) is 0 Å². The van der Waals surface area contributed by atoms with Crippen molar-refractivity contribution in [1.82, 2.24) is 5.32 Å². The van der Waals surface area contributed by atoms with Crippen LogP contribution < -0.4 is 10.1 Å². The monoisotopic (exact) mass is 311 g/mol. The average Bonchev–Trinajstić information content (AvgIpc) is 2.81. The molecule has 3 heteroatoms. The first-order valence-electron chi connectivity index (χ1n) is 6.77. The summed E-state index contributed by atoms with van der Waals surface area (Å²) < 4.78 is 6.94. The van der Waals surface area contributed by atoms with Gasteiger partial charge >= 0.3 is 0 Å². The molecule has 1 N–H and O–H groups in total. The Kier molecular flexibility index (Phi) is 5.07. The Morgan fingerprint density at radius 1 is 1.22 bits per heavy atom. The van der Waals surface area contributed by atoms with Gasteiger partial charge in [0.05, 0.1) is 6.61 Å². The summed E-state index contributed by atoms with van der Waals surface area (Å²) in [5.41, 5.74) is 0.476. The number of halogens is 1. The Morgan fingerprint density at radius 2 is 1.89 bits per heavy atom. The minimum absolute atomic E-state index is 0.476. The van der Waals surface area contributed by atoms with Gasteiger partial charge in [-0.15, -0.1) is 0 Å². The van der Waals surface area contributed by atoms with E-state index < -0.39 is 0 Å². The van der Waals surface area contributed by atoms with Gasteiger partial charge in [0.1, 0.15) is 5.75 Å². The lowest BCUT2D eigenvalue weighted by Gasteiger charge is -2.28. The summed E-state index contributed by atoms with van der Waals surface area (Å²) in [7, 11) is 2.05. The summed E-state index contributed by atoms with van der Waals surface area (Å²) in [4.78, 5) is 0. The summed E-state index contributed by atoms with van der Waals surface area (Å²) in [6, 6.07) is 8.08.